The van der Waals surface area contributed by atoms with E-state index in [2.05, 4.69) is 15.3 Å². The van der Waals surface area contributed by atoms with Gasteiger partial charge in [-0.1, -0.05) is 6.92 Å². The number of fused-ring (bicyclic) bond motifs is 3. The van der Waals surface area contributed by atoms with Gasteiger partial charge in [-0.3, -0.25) is 4.79 Å². The van der Waals surface area contributed by atoms with Gasteiger partial charge in [0.25, 0.3) is 5.56 Å². The second-order valence-electron chi connectivity index (χ2n) is 9.74. The molecule has 3 N–H and O–H groups in total. The number of esters is 1. The van der Waals surface area contributed by atoms with Gasteiger partial charge in [-0.2, -0.15) is 4.31 Å². The quantitative estimate of drug-likeness (QED) is 0.425. The minimum absolute atomic E-state index is 0.00958. The average Bonchev–Trinajstić information content (AvgIpc) is 3.44. The highest BCUT2D eigenvalue weighted by atomic mass is 32.2. The highest BCUT2D eigenvalue weighted by Crippen LogP contribution is 2.29. The van der Waals surface area contributed by atoms with Crippen molar-refractivity contribution in [2.45, 2.75) is 57.1 Å². The van der Waals surface area contributed by atoms with E-state index in [1.165, 1.54) is 28.7 Å². The van der Waals surface area contributed by atoms with Gasteiger partial charge < -0.3 is 24.8 Å². The van der Waals surface area contributed by atoms with Gasteiger partial charge in [-0.05, 0) is 51.8 Å². The third-order valence-electron chi connectivity index (χ3n) is 5.78. The minimum atomic E-state index is -3.92. The van der Waals surface area contributed by atoms with Crippen molar-refractivity contribution >= 4 is 43.9 Å². The van der Waals surface area contributed by atoms with Crippen LogP contribution in [0.5, 0.6) is 0 Å². The fraction of sp³-hybridized carbons (Fsp3) is 0.458. The Hall–Kier alpha value is -3.38. The number of aromatic amines is 2. The van der Waals surface area contributed by atoms with Gasteiger partial charge in [0, 0.05) is 41.6 Å². The number of ether oxygens (including phenoxy) is 2. The molecular formula is C24H30N4O7S. The summed E-state index contributed by atoms with van der Waals surface area (Å²) in [4.78, 5) is 42.8. The number of H-pyrrole nitrogens is 2. The van der Waals surface area contributed by atoms with Gasteiger partial charge in [-0.15, -0.1) is 0 Å². The summed E-state index contributed by atoms with van der Waals surface area (Å²) >= 11 is 0. The number of carbonyl (C=O) groups excluding carboxylic acids is 2. The summed E-state index contributed by atoms with van der Waals surface area (Å²) < 4.78 is 38.7. The van der Waals surface area contributed by atoms with E-state index >= 15 is 0 Å². The van der Waals surface area contributed by atoms with E-state index in [-0.39, 0.29) is 41.7 Å². The summed E-state index contributed by atoms with van der Waals surface area (Å²) in [7, 11) is -3.92. The number of sulfonamides is 1. The van der Waals surface area contributed by atoms with Crippen molar-refractivity contribution in [3.05, 3.63) is 40.3 Å². The second-order valence-corrected chi connectivity index (χ2v) is 11.7. The lowest BCUT2D eigenvalue weighted by molar-refractivity contribution is 0.0497. The third-order valence-corrected chi connectivity index (χ3v) is 7.64. The Bertz CT molecular complexity index is 1480. The van der Waals surface area contributed by atoms with E-state index in [0.29, 0.717) is 29.1 Å². The van der Waals surface area contributed by atoms with Crippen molar-refractivity contribution in [2.75, 3.05) is 19.7 Å². The molecule has 3 aromatic rings. The number of hydrogen-bond donors (Lipinski definition) is 3. The standard InChI is InChI=1S/C24H30N4O7S/c1-5-10-34-22(30)17-12-25-20-19(17)16-11-15(6-7-18(16)27-21(20)29)36(32,33)28-9-8-14(13-28)26-23(31)35-24(2,3)4/h6-7,11-12,14,25H,5,8-10,13H2,1-4H3,(H,26,31)(H,27,29). The number of amides is 1. The molecule has 36 heavy (non-hydrogen) atoms. The van der Waals surface area contributed by atoms with Gasteiger partial charge in [0.15, 0.2) is 0 Å². The van der Waals surface area contributed by atoms with Gasteiger partial charge in [-0.25, -0.2) is 18.0 Å². The monoisotopic (exact) mass is 518 g/mol. The molecule has 0 bridgehead atoms. The summed E-state index contributed by atoms with van der Waals surface area (Å²) in [6.45, 7) is 7.66. The normalized spacial score (nSPS) is 16.9. The largest absolute Gasteiger partial charge is 0.462 e. The lowest BCUT2D eigenvalue weighted by Gasteiger charge is -2.22. The van der Waals surface area contributed by atoms with Crippen LogP contribution in [0, 0.1) is 0 Å². The summed E-state index contributed by atoms with van der Waals surface area (Å²) in [6, 6.07) is 3.98. The number of carbonyl (C=O) groups is 2. The van der Waals surface area contributed by atoms with Crippen LogP contribution < -0.4 is 10.9 Å². The molecule has 11 nitrogen and oxygen atoms in total. The summed E-state index contributed by atoms with van der Waals surface area (Å²) in [5.74, 6) is -0.598. The molecule has 0 aliphatic carbocycles. The molecule has 1 aliphatic heterocycles. The smallest absolute Gasteiger partial charge is 0.407 e. The number of nitrogens with one attached hydrogen (secondary N) is 3. The number of aromatic nitrogens is 2. The van der Waals surface area contributed by atoms with Gasteiger partial charge in [0.05, 0.1) is 17.1 Å². The highest BCUT2D eigenvalue weighted by molar-refractivity contribution is 7.89. The van der Waals surface area contributed by atoms with Crippen LogP contribution in [0.3, 0.4) is 0 Å². The molecular weight excluding hydrogens is 488 g/mol. The molecule has 194 valence electrons. The predicted molar refractivity (Wildman–Crippen MR) is 134 cm³/mol. The molecule has 1 aromatic carbocycles. The summed E-state index contributed by atoms with van der Waals surface area (Å²) in [5, 5.41) is 3.42. The van der Waals surface area contributed by atoms with Crippen molar-refractivity contribution in [1.82, 2.24) is 19.6 Å². The third kappa shape index (κ3) is 5.09. The van der Waals surface area contributed by atoms with Crippen LogP contribution in [0.2, 0.25) is 0 Å². The fourth-order valence-electron chi connectivity index (χ4n) is 4.19. The summed E-state index contributed by atoms with van der Waals surface area (Å²) in [5.41, 5.74) is -0.388. The van der Waals surface area contributed by atoms with E-state index in [1.54, 1.807) is 20.8 Å². The number of hydrogen-bond acceptors (Lipinski definition) is 7. The zero-order valence-electron chi connectivity index (χ0n) is 20.6. The van der Waals surface area contributed by atoms with E-state index in [0.717, 1.165) is 0 Å². The second kappa shape index (κ2) is 9.58. The molecule has 0 spiro atoms. The molecule has 1 saturated heterocycles. The molecule has 4 rings (SSSR count). The topological polar surface area (TPSA) is 151 Å². The van der Waals surface area contributed by atoms with Crippen LogP contribution in [-0.4, -0.2) is 66.1 Å². The van der Waals surface area contributed by atoms with E-state index in [1.807, 2.05) is 6.92 Å². The highest BCUT2D eigenvalue weighted by Gasteiger charge is 2.34. The number of benzene rings is 1. The molecule has 3 heterocycles. The van der Waals surface area contributed by atoms with Gasteiger partial charge >= 0.3 is 12.1 Å². The van der Waals surface area contributed by atoms with Crippen LogP contribution in [0.25, 0.3) is 21.8 Å². The van der Waals surface area contributed by atoms with Crippen LogP contribution in [-0.2, 0) is 19.5 Å². The number of nitrogens with zero attached hydrogens (tertiary/aromatic N) is 1. The Morgan fingerprint density at radius 3 is 2.69 bits per heavy atom. The van der Waals surface area contributed by atoms with Crippen LogP contribution in [0.1, 0.15) is 50.9 Å². The Morgan fingerprint density at radius 2 is 2.00 bits per heavy atom. The maximum Gasteiger partial charge on any atom is 0.407 e. The number of rotatable bonds is 6. The van der Waals surface area contributed by atoms with Crippen molar-refractivity contribution in [3.63, 3.8) is 0 Å². The summed E-state index contributed by atoms with van der Waals surface area (Å²) in [6.07, 6.45) is 1.87. The maximum atomic E-state index is 13.5. The van der Waals surface area contributed by atoms with E-state index in [9.17, 15) is 22.8 Å². The molecule has 1 atom stereocenters. The van der Waals surface area contributed by atoms with Gasteiger partial charge in [0.1, 0.15) is 11.1 Å². The molecule has 0 saturated carbocycles. The first-order valence-corrected chi connectivity index (χ1v) is 13.2. The number of alkyl carbamates (subject to hydrolysis) is 1. The maximum absolute atomic E-state index is 13.5. The SMILES string of the molecule is CCCOC(=O)c1c[nH]c2c(=O)[nH]c3ccc(S(=O)(=O)N4CCC(NC(=O)OC(C)(C)C)C4)cc3c12. The lowest BCUT2D eigenvalue weighted by Crippen LogP contribution is -2.41. The average molecular weight is 519 g/mol. The molecule has 1 unspecified atom stereocenters. The van der Waals surface area contributed by atoms with Crippen molar-refractivity contribution in [1.29, 1.82) is 0 Å². The Balaban J connectivity index is 1.66. The first-order chi connectivity index (χ1) is 16.9. The van der Waals surface area contributed by atoms with Crippen LogP contribution in [0.15, 0.2) is 34.1 Å². The Kier molecular flexibility index (Phi) is 6.84. The molecule has 1 aliphatic rings. The molecule has 1 amide bonds. The predicted octanol–water partition coefficient (Wildman–Crippen LogP) is 2.86. The fourth-order valence-corrected chi connectivity index (χ4v) is 5.71. The Morgan fingerprint density at radius 1 is 1.25 bits per heavy atom. The molecule has 2 aromatic heterocycles. The van der Waals surface area contributed by atoms with Gasteiger partial charge in [0.2, 0.25) is 10.0 Å². The first kappa shape index (κ1) is 25.7. The van der Waals surface area contributed by atoms with E-state index < -0.39 is 33.2 Å². The minimum Gasteiger partial charge on any atom is -0.462 e. The van der Waals surface area contributed by atoms with E-state index in [4.69, 9.17) is 9.47 Å². The molecule has 0 radical (unpaired) electrons. The lowest BCUT2D eigenvalue weighted by atomic mass is 10.1. The first-order valence-electron chi connectivity index (χ1n) is 11.7. The van der Waals surface area contributed by atoms with Crippen molar-refractivity contribution < 1.29 is 27.5 Å². The van der Waals surface area contributed by atoms with Crippen LogP contribution >= 0.6 is 0 Å². The Labute approximate surface area is 208 Å². The molecule has 1 fully saturated rings. The van der Waals surface area contributed by atoms with Crippen molar-refractivity contribution in [2.24, 2.45) is 0 Å². The molecule has 12 heteroatoms. The number of pyridine rings is 1. The van der Waals surface area contributed by atoms with Crippen LogP contribution in [0.4, 0.5) is 4.79 Å². The zero-order chi connectivity index (χ0) is 26.3. The zero-order valence-corrected chi connectivity index (χ0v) is 21.5. The van der Waals surface area contributed by atoms with Crippen molar-refractivity contribution in [3.8, 4) is 0 Å².